The van der Waals surface area contributed by atoms with E-state index in [1.807, 2.05) is 12.1 Å². The van der Waals surface area contributed by atoms with E-state index in [9.17, 15) is 5.11 Å². The predicted molar refractivity (Wildman–Crippen MR) is 106 cm³/mol. The molecule has 1 aromatic carbocycles. The normalized spacial score (nSPS) is 10.9. The van der Waals surface area contributed by atoms with Crippen molar-refractivity contribution in [1.29, 1.82) is 0 Å². The Labute approximate surface area is 169 Å². The first-order valence-corrected chi connectivity index (χ1v) is 7.76. The van der Waals surface area contributed by atoms with Gasteiger partial charge in [0.25, 0.3) is 0 Å². The maximum Gasteiger partial charge on any atom is 0.233 e. The molecule has 26 heavy (non-hydrogen) atoms. The van der Waals surface area contributed by atoms with Gasteiger partial charge in [-0.05, 0) is 18.2 Å². The summed E-state index contributed by atoms with van der Waals surface area (Å²) in [4.78, 5) is 0. The van der Waals surface area contributed by atoms with Crippen molar-refractivity contribution in [2.45, 2.75) is 6.10 Å². The van der Waals surface area contributed by atoms with E-state index in [0.717, 1.165) is 0 Å². The molecule has 2 rings (SSSR count). The minimum absolute atomic E-state index is 0. The van der Waals surface area contributed by atoms with Crippen LogP contribution in [0.15, 0.2) is 36.4 Å². The van der Waals surface area contributed by atoms with Crippen LogP contribution >= 0.6 is 36.4 Å². The molecule has 0 bridgehead atoms. The Kier molecular flexibility index (Phi) is 12.8. The Morgan fingerprint density at radius 2 is 1.88 bits per heavy atom. The monoisotopic (exact) mass is 425 g/mol. The van der Waals surface area contributed by atoms with Crippen molar-refractivity contribution >= 4 is 42.2 Å². The molecule has 0 aliphatic heterocycles. The van der Waals surface area contributed by atoms with Gasteiger partial charge in [-0.3, -0.25) is 0 Å². The summed E-state index contributed by atoms with van der Waals surface area (Å²) in [6.07, 6.45) is -0.657. The second-order valence-corrected chi connectivity index (χ2v) is 5.26. The number of nitrogens with zero attached hydrogens (tertiary/aromatic N) is 2. The van der Waals surface area contributed by atoms with Gasteiger partial charge in [-0.2, -0.15) is 0 Å². The number of halogens is 3. The SMILES string of the molecule is Cl.Cl.NNc1ccc(OCCNCC(O)COc2ccccc2Cl)nn1. The van der Waals surface area contributed by atoms with Gasteiger partial charge in [0.05, 0.1) is 5.02 Å². The summed E-state index contributed by atoms with van der Waals surface area (Å²) in [5.41, 5.74) is 2.38. The fourth-order valence-electron chi connectivity index (χ4n) is 1.78. The van der Waals surface area contributed by atoms with E-state index >= 15 is 0 Å². The predicted octanol–water partition coefficient (Wildman–Crippen LogP) is 1.67. The van der Waals surface area contributed by atoms with E-state index in [4.69, 9.17) is 26.9 Å². The number of hydrazine groups is 1. The lowest BCUT2D eigenvalue weighted by molar-refractivity contribution is 0.105. The van der Waals surface area contributed by atoms with Gasteiger partial charge in [0.15, 0.2) is 5.82 Å². The van der Waals surface area contributed by atoms with Crippen LogP contribution in [0.25, 0.3) is 0 Å². The summed E-state index contributed by atoms with van der Waals surface area (Å²) in [5.74, 6) is 6.61. The van der Waals surface area contributed by atoms with Crippen molar-refractivity contribution in [2.75, 3.05) is 31.7 Å². The molecule has 0 radical (unpaired) electrons. The number of hydrogen-bond donors (Lipinski definition) is 4. The molecule has 1 unspecified atom stereocenters. The average molecular weight is 427 g/mol. The number of nitrogen functional groups attached to an aromatic ring is 1. The third kappa shape index (κ3) is 8.70. The fourth-order valence-corrected chi connectivity index (χ4v) is 1.97. The molecule has 0 amide bonds. The van der Waals surface area contributed by atoms with Crippen molar-refractivity contribution in [2.24, 2.45) is 5.84 Å². The molecular weight excluding hydrogens is 405 g/mol. The van der Waals surface area contributed by atoms with Crippen molar-refractivity contribution in [3.63, 3.8) is 0 Å². The quantitative estimate of drug-likeness (QED) is 0.258. The number of aliphatic hydroxyl groups is 1. The molecule has 8 nitrogen and oxygen atoms in total. The van der Waals surface area contributed by atoms with Crippen LogP contribution in [0.2, 0.25) is 5.02 Å². The van der Waals surface area contributed by atoms with Gasteiger partial charge in [-0.15, -0.1) is 35.0 Å². The van der Waals surface area contributed by atoms with Crippen molar-refractivity contribution < 1.29 is 14.6 Å². The molecular formula is C15H22Cl3N5O3. The van der Waals surface area contributed by atoms with Crippen molar-refractivity contribution in [3.8, 4) is 11.6 Å². The van der Waals surface area contributed by atoms with Crippen molar-refractivity contribution in [1.82, 2.24) is 15.5 Å². The highest BCUT2D eigenvalue weighted by Crippen LogP contribution is 2.22. The van der Waals surface area contributed by atoms with Gasteiger partial charge in [0.1, 0.15) is 25.1 Å². The fraction of sp³-hybridized carbons (Fsp3) is 0.333. The van der Waals surface area contributed by atoms with Crippen LogP contribution in [0.1, 0.15) is 0 Å². The van der Waals surface area contributed by atoms with Gasteiger partial charge < -0.3 is 25.3 Å². The standard InChI is InChI=1S/C15H20ClN5O3.2ClH/c16-12-3-1-2-4-13(12)24-10-11(22)9-18-7-8-23-15-6-5-14(19-17)20-21-15;;/h1-6,11,18,22H,7-10,17H2,(H,19,20);2*1H. The maximum atomic E-state index is 9.86. The van der Waals surface area contributed by atoms with E-state index < -0.39 is 6.10 Å². The summed E-state index contributed by atoms with van der Waals surface area (Å²) in [7, 11) is 0. The zero-order valence-electron chi connectivity index (χ0n) is 13.8. The zero-order valence-corrected chi connectivity index (χ0v) is 16.2. The molecule has 0 fully saturated rings. The first-order chi connectivity index (χ1) is 11.7. The maximum absolute atomic E-state index is 9.86. The number of rotatable bonds is 10. The van der Waals surface area contributed by atoms with E-state index in [2.05, 4.69) is 20.9 Å². The number of aromatic nitrogens is 2. The smallest absolute Gasteiger partial charge is 0.233 e. The molecule has 2 aromatic rings. The van der Waals surface area contributed by atoms with Gasteiger partial charge in [0.2, 0.25) is 5.88 Å². The van der Waals surface area contributed by atoms with E-state index in [1.54, 1.807) is 24.3 Å². The number of nitrogens with one attached hydrogen (secondary N) is 2. The highest BCUT2D eigenvalue weighted by atomic mass is 35.5. The lowest BCUT2D eigenvalue weighted by atomic mass is 10.3. The summed E-state index contributed by atoms with van der Waals surface area (Å²) < 4.78 is 10.9. The van der Waals surface area contributed by atoms with Gasteiger partial charge >= 0.3 is 0 Å². The highest BCUT2D eigenvalue weighted by Gasteiger charge is 2.07. The molecule has 0 aliphatic rings. The highest BCUT2D eigenvalue weighted by molar-refractivity contribution is 6.32. The van der Waals surface area contributed by atoms with Crippen LogP contribution in [-0.2, 0) is 0 Å². The van der Waals surface area contributed by atoms with Gasteiger partial charge in [-0.25, -0.2) is 5.84 Å². The van der Waals surface area contributed by atoms with E-state index in [1.165, 1.54) is 0 Å². The molecule has 0 aliphatic carbocycles. The molecule has 0 saturated carbocycles. The molecule has 146 valence electrons. The molecule has 1 atom stereocenters. The Morgan fingerprint density at radius 3 is 2.54 bits per heavy atom. The minimum Gasteiger partial charge on any atom is -0.489 e. The molecule has 11 heteroatoms. The second kappa shape index (κ2) is 13.6. The average Bonchev–Trinajstić information content (AvgIpc) is 2.61. The van der Waals surface area contributed by atoms with Gasteiger partial charge in [0, 0.05) is 19.2 Å². The van der Waals surface area contributed by atoms with E-state index in [-0.39, 0.29) is 31.4 Å². The number of anilines is 1. The lowest BCUT2D eigenvalue weighted by Gasteiger charge is -2.14. The summed E-state index contributed by atoms with van der Waals surface area (Å²) in [5, 5.41) is 21.1. The van der Waals surface area contributed by atoms with Crippen LogP contribution in [0.4, 0.5) is 5.82 Å². The molecule has 1 aromatic heterocycles. The Bertz CT molecular complexity index is 622. The minimum atomic E-state index is -0.657. The van der Waals surface area contributed by atoms with Crippen LogP contribution in [-0.4, -0.2) is 47.7 Å². The number of ether oxygens (including phenoxy) is 2. The molecule has 1 heterocycles. The first-order valence-electron chi connectivity index (χ1n) is 7.38. The number of aliphatic hydroxyl groups excluding tert-OH is 1. The number of para-hydroxylation sites is 1. The largest absolute Gasteiger partial charge is 0.489 e. The number of hydrogen-bond acceptors (Lipinski definition) is 8. The Morgan fingerprint density at radius 1 is 1.12 bits per heavy atom. The molecule has 0 saturated heterocycles. The third-order valence-corrected chi connectivity index (χ3v) is 3.28. The molecule has 0 spiro atoms. The number of benzene rings is 1. The zero-order chi connectivity index (χ0) is 17.2. The summed E-state index contributed by atoms with van der Waals surface area (Å²) in [6, 6.07) is 10.4. The lowest BCUT2D eigenvalue weighted by Crippen LogP contribution is -2.33. The number of nitrogens with two attached hydrogens (primary N) is 1. The van der Waals surface area contributed by atoms with Crippen LogP contribution in [0.5, 0.6) is 11.6 Å². The summed E-state index contributed by atoms with van der Waals surface area (Å²) in [6.45, 7) is 1.45. The van der Waals surface area contributed by atoms with Gasteiger partial charge in [-0.1, -0.05) is 23.7 Å². The summed E-state index contributed by atoms with van der Waals surface area (Å²) >= 11 is 5.97. The van der Waals surface area contributed by atoms with Crippen LogP contribution < -0.4 is 26.1 Å². The Balaban J connectivity index is 0.00000312. The molecule has 5 N–H and O–H groups in total. The topological polar surface area (TPSA) is 115 Å². The first kappa shape index (κ1) is 24.5. The Hall–Kier alpha value is -1.55. The second-order valence-electron chi connectivity index (χ2n) is 4.85. The third-order valence-electron chi connectivity index (χ3n) is 2.96. The van der Waals surface area contributed by atoms with Crippen LogP contribution in [0, 0.1) is 0 Å². The van der Waals surface area contributed by atoms with E-state index in [0.29, 0.717) is 42.2 Å². The van der Waals surface area contributed by atoms with Crippen molar-refractivity contribution in [3.05, 3.63) is 41.4 Å². The van der Waals surface area contributed by atoms with Crippen LogP contribution in [0.3, 0.4) is 0 Å².